The van der Waals surface area contributed by atoms with Gasteiger partial charge in [-0.2, -0.15) is 5.10 Å². The van der Waals surface area contributed by atoms with E-state index in [1.807, 2.05) is 19.9 Å². The Balaban J connectivity index is 1.82. The highest BCUT2D eigenvalue weighted by atomic mass is 32.2. The van der Waals surface area contributed by atoms with Crippen LogP contribution >= 0.6 is 0 Å². The molecule has 0 aliphatic rings. The van der Waals surface area contributed by atoms with E-state index in [1.165, 1.54) is 6.07 Å². The van der Waals surface area contributed by atoms with Gasteiger partial charge in [-0.05, 0) is 61.4 Å². The molecule has 2 aromatic carbocycles. The molecule has 8 heteroatoms. The standard InChI is InChI=1S/C19H20N4O3S/c1-3-14-4-7-16(12-18(14)27(20,25)26)22-19(24)15-5-8-17(9-6-15)23-13(2)10-11-21-23/h4-12H,3H2,1-2H3,(H,22,24)(H2,20,25,26). The highest BCUT2D eigenvalue weighted by Gasteiger charge is 2.15. The first-order valence-corrected chi connectivity index (χ1v) is 9.92. The van der Waals surface area contributed by atoms with E-state index in [2.05, 4.69) is 10.4 Å². The fourth-order valence-corrected chi connectivity index (χ4v) is 3.66. The first kappa shape index (κ1) is 18.8. The zero-order valence-electron chi connectivity index (χ0n) is 15.0. The minimum atomic E-state index is -3.86. The molecule has 0 fully saturated rings. The van der Waals surface area contributed by atoms with E-state index in [0.717, 1.165) is 11.4 Å². The number of hydrogen-bond acceptors (Lipinski definition) is 4. The molecule has 3 N–H and O–H groups in total. The van der Waals surface area contributed by atoms with Crippen molar-refractivity contribution in [3.8, 4) is 5.69 Å². The van der Waals surface area contributed by atoms with Crippen LogP contribution in [0.5, 0.6) is 0 Å². The summed E-state index contributed by atoms with van der Waals surface area (Å²) in [5.41, 5.74) is 3.25. The second kappa shape index (κ2) is 7.34. The van der Waals surface area contributed by atoms with Crippen molar-refractivity contribution in [3.05, 3.63) is 71.5 Å². The Bertz CT molecular complexity index is 1090. The number of nitrogens with zero attached hydrogens (tertiary/aromatic N) is 2. The minimum Gasteiger partial charge on any atom is -0.322 e. The summed E-state index contributed by atoms with van der Waals surface area (Å²) in [4.78, 5) is 12.5. The predicted molar refractivity (Wildman–Crippen MR) is 103 cm³/mol. The van der Waals surface area contributed by atoms with E-state index >= 15 is 0 Å². The molecule has 3 rings (SSSR count). The molecule has 0 unspecified atom stereocenters. The highest BCUT2D eigenvalue weighted by molar-refractivity contribution is 7.89. The van der Waals surface area contributed by atoms with Crippen molar-refractivity contribution in [2.24, 2.45) is 5.14 Å². The van der Waals surface area contributed by atoms with Crippen LogP contribution in [0.15, 0.2) is 59.6 Å². The summed E-state index contributed by atoms with van der Waals surface area (Å²) in [7, 11) is -3.86. The Hall–Kier alpha value is -2.97. The Morgan fingerprint density at radius 3 is 2.41 bits per heavy atom. The Morgan fingerprint density at radius 2 is 1.85 bits per heavy atom. The molecule has 0 aliphatic heterocycles. The van der Waals surface area contributed by atoms with Crippen LogP contribution in [0.3, 0.4) is 0 Å². The van der Waals surface area contributed by atoms with Gasteiger partial charge >= 0.3 is 0 Å². The zero-order chi connectivity index (χ0) is 19.6. The van der Waals surface area contributed by atoms with Crippen molar-refractivity contribution in [3.63, 3.8) is 0 Å². The van der Waals surface area contributed by atoms with Crippen molar-refractivity contribution >= 4 is 21.6 Å². The summed E-state index contributed by atoms with van der Waals surface area (Å²) in [5.74, 6) is -0.344. The molecular weight excluding hydrogens is 364 g/mol. The van der Waals surface area contributed by atoms with E-state index in [0.29, 0.717) is 23.2 Å². The first-order chi connectivity index (χ1) is 12.8. The zero-order valence-corrected chi connectivity index (χ0v) is 15.8. The number of carbonyl (C=O) groups is 1. The fourth-order valence-electron chi connectivity index (χ4n) is 2.79. The monoisotopic (exact) mass is 384 g/mol. The van der Waals surface area contributed by atoms with E-state index in [-0.39, 0.29) is 10.8 Å². The highest BCUT2D eigenvalue weighted by Crippen LogP contribution is 2.21. The minimum absolute atomic E-state index is 0.0207. The summed E-state index contributed by atoms with van der Waals surface area (Å²) in [5, 5.41) is 12.2. The van der Waals surface area contributed by atoms with Gasteiger partial charge in [-0.25, -0.2) is 18.2 Å². The first-order valence-electron chi connectivity index (χ1n) is 8.37. The molecule has 0 radical (unpaired) electrons. The molecule has 0 atom stereocenters. The average Bonchev–Trinajstić information content (AvgIpc) is 3.07. The van der Waals surface area contributed by atoms with Gasteiger partial charge in [0.05, 0.1) is 10.6 Å². The van der Waals surface area contributed by atoms with E-state index in [1.54, 1.807) is 47.3 Å². The molecule has 3 aromatic rings. The summed E-state index contributed by atoms with van der Waals surface area (Å²) < 4.78 is 25.3. The van der Waals surface area contributed by atoms with Crippen LogP contribution < -0.4 is 10.5 Å². The molecule has 0 saturated heterocycles. The Morgan fingerprint density at radius 1 is 1.15 bits per heavy atom. The van der Waals surface area contributed by atoms with Gasteiger partial charge in [0.1, 0.15) is 0 Å². The molecule has 0 spiro atoms. The molecular formula is C19H20N4O3S. The van der Waals surface area contributed by atoms with Crippen molar-refractivity contribution in [1.82, 2.24) is 9.78 Å². The van der Waals surface area contributed by atoms with Crippen LogP contribution in [-0.4, -0.2) is 24.1 Å². The number of amides is 1. The van der Waals surface area contributed by atoms with Gasteiger partial charge < -0.3 is 5.32 Å². The smallest absolute Gasteiger partial charge is 0.255 e. The topological polar surface area (TPSA) is 107 Å². The quantitative estimate of drug-likeness (QED) is 0.705. The third-order valence-electron chi connectivity index (χ3n) is 4.22. The molecule has 27 heavy (non-hydrogen) atoms. The number of rotatable bonds is 5. The lowest BCUT2D eigenvalue weighted by Gasteiger charge is -2.11. The molecule has 1 amide bonds. The number of sulfonamides is 1. The molecule has 1 heterocycles. The maximum absolute atomic E-state index is 12.5. The predicted octanol–water partition coefficient (Wildman–Crippen LogP) is 2.64. The van der Waals surface area contributed by atoms with Crippen LogP contribution in [0.4, 0.5) is 5.69 Å². The third-order valence-corrected chi connectivity index (χ3v) is 5.21. The van der Waals surface area contributed by atoms with Crippen molar-refractivity contribution in [2.45, 2.75) is 25.2 Å². The van der Waals surface area contributed by atoms with Crippen molar-refractivity contribution in [2.75, 3.05) is 5.32 Å². The van der Waals surface area contributed by atoms with Gasteiger partial charge in [0.25, 0.3) is 5.91 Å². The van der Waals surface area contributed by atoms with Crippen LogP contribution in [0.25, 0.3) is 5.69 Å². The summed E-state index contributed by atoms with van der Waals surface area (Å²) in [6, 6.07) is 13.6. The number of carbonyl (C=O) groups excluding carboxylic acids is 1. The largest absolute Gasteiger partial charge is 0.322 e. The normalized spacial score (nSPS) is 11.4. The molecule has 1 aromatic heterocycles. The lowest BCUT2D eigenvalue weighted by atomic mass is 10.1. The lowest BCUT2D eigenvalue weighted by Crippen LogP contribution is -2.16. The maximum atomic E-state index is 12.5. The van der Waals surface area contributed by atoms with Gasteiger partial charge in [0.15, 0.2) is 0 Å². The fraction of sp³-hybridized carbons (Fsp3) is 0.158. The molecule has 0 aliphatic carbocycles. The van der Waals surface area contributed by atoms with Gasteiger partial charge in [-0.15, -0.1) is 0 Å². The van der Waals surface area contributed by atoms with Crippen LogP contribution in [-0.2, 0) is 16.4 Å². The van der Waals surface area contributed by atoms with Crippen molar-refractivity contribution < 1.29 is 13.2 Å². The molecule has 0 saturated carbocycles. The Labute approximate surface area is 157 Å². The van der Waals surface area contributed by atoms with Gasteiger partial charge in [-0.3, -0.25) is 4.79 Å². The number of aryl methyl sites for hydroxylation is 2. The average molecular weight is 384 g/mol. The summed E-state index contributed by atoms with van der Waals surface area (Å²) >= 11 is 0. The number of anilines is 1. The number of primary sulfonamides is 1. The lowest BCUT2D eigenvalue weighted by molar-refractivity contribution is 0.102. The second-order valence-corrected chi connectivity index (χ2v) is 7.64. The molecule has 0 bridgehead atoms. The van der Waals surface area contributed by atoms with Crippen LogP contribution in [0, 0.1) is 6.92 Å². The third kappa shape index (κ3) is 4.07. The number of aromatic nitrogens is 2. The van der Waals surface area contributed by atoms with E-state index < -0.39 is 10.0 Å². The van der Waals surface area contributed by atoms with Crippen LogP contribution in [0.1, 0.15) is 28.5 Å². The number of hydrogen-bond donors (Lipinski definition) is 2. The van der Waals surface area contributed by atoms with E-state index in [4.69, 9.17) is 5.14 Å². The van der Waals surface area contributed by atoms with Crippen LogP contribution in [0.2, 0.25) is 0 Å². The van der Waals surface area contributed by atoms with Gasteiger partial charge in [0, 0.05) is 23.1 Å². The summed E-state index contributed by atoms with van der Waals surface area (Å²) in [6.07, 6.45) is 2.23. The van der Waals surface area contributed by atoms with Crippen molar-refractivity contribution in [1.29, 1.82) is 0 Å². The van der Waals surface area contributed by atoms with Gasteiger partial charge in [0.2, 0.25) is 10.0 Å². The molecule has 7 nitrogen and oxygen atoms in total. The van der Waals surface area contributed by atoms with Gasteiger partial charge in [-0.1, -0.05) is 13.0 Å². The second-order valence-electron chi connectivity index (χ2n) is 6.11. The number of nitrogens with one attached hydrogen (secondary N) is 1. The summed E-state index contributed by atoms with van der Waals surface area (Å²) in [6.45, 7) is 3.78. The SMILES string of the molecule is CCc1ccc(NC(=O)c2ccc(-n3nccc3C)cc2)cc1S(N)(=O)=O. The van der Waals surface area contributed by atoms with E-state index in [9.17, 15) is 13.2 Å². The number of nitrogens with two attached hydrogens (primary N) is 1. The Kier molecular flexibility index (Phi) is 5.11. The maximum Gasteiger partial charge on any atom is 0.255 e. The molecule has 140 valence electrons. The number of benzene rings is 2.